The van der Waals surface area contributed by atoms with Gasteiger partial charge in [0.15, 0.2) is 0 Å². The molecular formula is C9H18N2S. The van der Waals surface area contributed by atoms with E-state index in [9.17, 15) is 0 Å². The summed E-state index contributed by atoms with van der Waals surface area (Å²) >= 11 is 1.70. The van der Waals surface area contributed by atoms with Crippen molar-refractivity contribution < 1.29 is 1.43 Å². The van der Waals surface area contributed by atoms with Crippen molar-refractivity contribution in [2.75, 3.05) is 0 Å². The third-order valence-corrected chi connectivity index (χ3v) is 2.87. The molecule has 0 atom stereocenters. The second-order valence-electron chi connectivity index (χ2n) is 3.52. The summed E-state index contributed by atoms with van der Waals surface area (Å²) in [4.78, 5) is 4.21. The minimum Gasteiger partial charge on any atom is -0.305 e. The van der Waals surface area contributed by atoms with Crippen LogP contribution in [0.2, 0.25) is 0 Å². The maximum absolute atomic E-state index is 4.21. The van der Waals surface area contributed by atoms with Crippen molar-refractivity contribution in [3.8, 4) is 0 Å². The van der Waals surface area contributed by atoms with Crippen LogP contribution < -0.4 is 5.32 Å². The minimum atomic E-state index is 0. The highest BCUT2D eigenvalue weighted by molar-refractivity contribution is 7.09. The van der Waals surface area contributed by atoms with Crippen molar-refractivity contribution in [2.45, 2.75) is 39.3 Å². The summed E-state index contributed by atoms with van der Waals surface area (Å²) in [5.74, 6) is 0. The van der Waals surface area contributed by atoms with Gasteiger partial charge >= 0.3 is 0 Å². The summed E-state index contributed by atoms with van der Waals surface area (Å²) in [5.41, 5.74) is 0.228. The molecular weight excluding hydrogens is 168 g/mol. The van der Waals surface area contributed by atoms with Crippen LogP contribution in [0.15, 0.2) is 11.6 Å². The highest BCUT2D eigenvalue weighted by Gasteiger charge is 2.13. The van der Waals surface area contributed by atoms with E-state index in [0.717, 1.165) is 18.0 Å². The van der Waals surface area contributed by atoms with Crippen LogP contribution in [0.5, 0.6) is 0 Å². The third kappa shape index (κ3) is 2.91. The zero-order valence-corrected chi connectivity index (χ0v) is 8.74. The van der Waals surface area contributed by atoms with Gasteiger partial charge in [-0.25, -0.2) is 4.98 Å². The van der Waals surface area contributed by atoms with Crippen LogP contribution in [0.4, 0.5) is 0 Å². The van der Waals surface area contributed by atoms with Gasteiger partial charge in [-0.15, -0.1) is 11.3 Å². The Kier molecular flexibility index (Phi) is 3.23. The molecule has 0 saturated carbocycles. The van der Waals surface area contributed by atoms with E-state index in [4.69, 9.17) is 0 Å². The molecule has 0 aliphatic heterocycles. The first-order valence-corrected chi connectivity index (χ1v) is 5.15. The minimum absolute atomic E-state index is 0. The summed E-state index contributed by atoms with van der Waals surface area (Å²) in [6, 6.07) is 0. The van der Waals surface area contributed by atoms with Crippen LogP contribution in [0.25, 0.3) is 0 Å². The molecule has 3 heteroatoms. The van der Waals surface area contributed by atoms with Crippen molar-refractivity contribution in [3.05, 3.63) is 16.6 Å². The predicted octanol–water partition coefficient (Wildman–Crippen LogP) is 2.67. The lowest BCUT2D eigenvalue weighted by Crippen LogP contribution is -2.37. The second-order valence-corrected chi connectivity index (χ2v) is 4.50. The molecule has 0 bridgehead atoms. The van der Waals surface area contributed by atoms with Gasteiger partial charge in [0.25, 0.3) is 0 Å². The van der Waals surface area contributed by atoms with Crippen LogP contribution in [0.3, 0.4) is 0 Å². The van der Waals surface area contributed by atoms with Gasteiger partial charge in [0.05, 0.1) is 0 Å². The fourth-order valence-corrected chi connectivity index (χ4v) is 1.34. The number of hydrogen-bond acceptors (Lipinski definition) is 3. The molecule has 1 aromatic rings. The largest absolute Gasteiger partial charge is 0.305 e. The molecule has 2 nitrogen and oxygen atoms in total. The Morgan fingerprint density at radius 1 is 1.67 bits per heavy atom. The van der Waals surface area contributed by atoms with Gasteiger partial charge in [0, 0.05) is 25.1 Å². The summed E-state index contributed by atoms with van der Waals surface area (Å²) in [6.07, 6.45) is 2.99. The topological polar surface area (TPSA) is 24.9 Å². The Morgan fingerprint density at radius 3 is 2.92 bits per heavy atom. The molecule has 0 aromatic carbocycles. The van der Waals surface area contributed by atoms with E-state index in [0.29, 0.717) is 0 Å². The van der Waals surface area contributed by atoms with Crippen LogP contribution in [0, 0.1) is 0 Å². The Morgan fingerprint density at radius 2 is 2.42 bits per heavy atom. The maximum atomic E-state index is 4.21. The van der Waals surface area contributed by atoms with Gasteiger partial charge in [-0.3, -0.25) is 0 Å². The van der Waals surface area contributed by atoms with Crippen LogP contribution in [-0.2, 0) is 6.54 Å². The fraction of sp³-hybridized carbons (Fsp3) is 0.667. The molecule has 1 rings (SSSR count). The monoisotopic (exact) mass is 186 g/mol. The Balaban J connectivity index is 0.00000144. The first kappa shape index (κ1) is 9.68. The lowest BCUT2D eigenvalue weighted by molar-refractivity contribution is 0.374. The predicted molar refractivity (Wildman–Crippen MR) is 55.4 cm³/mol. The Hall–Kier alpha value is -0.410. The summed E-state index contributed by atoms with van der Waals surface area (Å²) in [7, 11) is 0. The molecule has 1 N–H and O–H groups in total. The zero-order chi connectivity index (χ0) is 9.03. The number of nitrogens with zero attached hydrogens (tertiary/aromatic N) is 1. The number of hydrogen-bond donors (Lipinski definition) is 1. The lowest BCUT2D eigenvalue weighted by Gasteiger charge is -2.23. The summed E-state index contributed by atoms with van der Waals surface area (Å²) in [5, 5.41) is 6.63. The smallest absolute Gasteiger partial charge is 0.106 e. The molecule has 0 amide bonds. The van der Waals surface area contributed by atoms with Gasteiger partial charge in [0.2, 0.25) is 0 Å². The molecule has 0 saturated heterocycles. The summed E-state index contributed by atoms with van der Waals surface area (Å²) < 4.78 is 0. The van der Waals surface area contributed by atoms with E-state index >= 15 is 0 Å². The molecule has 0 unspecified atom stereocenters. The van der Waals surface area contributed by atoms with E-state index < -0.39 is 0 Å². The SMILES string of the molecule is CCC(C)(C)NCc1nccs1.[HH]. The van der Waals surface area contributed by atoms with E-state index in [1.54, 1.807) is 11.3 Å². The first-order chi connectivity index (χ1) is 5.64. The van der Waals surface area contributed by atoms with Gasteiger partial charge < -0.3 is 5.32 Å². The molecule has 70 valence electrons. The van der Waals surface area contributed by atoms with Gasteiger partial charge in [-0.2, -0.15) is 0 Å². The van der Waals surface area contributed by atoms with Gasteiger partial charge in [-0.1, -0.05) is 6.92 Å². The average Bonchev–Trinajstić information content (AvgIpc) is 2.53. The number of aromatic nitrogens is 1. The highest BCUT2D eigenvalue weighted by atomic mass is 32.1. The molecule has 0 aliphatic rings. The Labute approximate surface area is 79.5 Å². The fourth-order valence-electron chi connectivity index (χ4n) is 0.780. The van der Waals surface area contributed by atoms with Crippen LogP contribution in [0.1, 0.15) is 33.6 Å². The quantitative estimate of drug-likeness (QED) is 0.782. The maximum Gasteiger partial charge on any atom is 0.106 e. The normalized spacial score (nSPS) is 11.9. The van der Waals surface area contributed by atoms with Crippen LogP contribution in [-0.4, -0.2) is 10.5 Å². The standard InChI is InChI=1S/C9H16N2S.H2/c1-4-9(2,3)11-7-8-10-5-6-12-8;/h5-6,11H,4,7H2,1-3H3;1H. The van der Waals surface area contributed by atoms with E-state index in [1.807, 2.05) is 11.6 Å². The summed E-state index contributed by atoms with van der Waals surface area (Å²) in [6.45, 7) is 7.49. The van der Waals surface area contributed by atoms with Crippen molar-refractivity contribution in [1.82, 2.24) is 10.3 Å². The second kappa shape index (κ2) is 4.01. The van der Waals surface area contributed by atoms with Crippen molar-refractivity contribution in [1.29, 1.82) is 0 Å². The first-order valence-electron chi connectivity index (χ1n) is 4.27. The number of nitrogens with one attached hydrogen (secondary N) is 1. The third-order valence-electron chi connectivity index (χ3n) is 2.09. The Bertz CT molecular complexity index is 222. The molecule has 0 radical (unpaired) electrons. The molecule has 12 heavy (non-hydrogen) atoms. The zero-order valence-electron chi connectivity index (χ0n) is 7.92. The molecule has 0 aliphatic carbocycles. The van der Waals surface area contributed by atoms with Crippen molar-refractivity contribution in [2.24, 2.45) is 0 Å². The van der Waals surface area contributed by atoms with Gasteiger partial charge in [0.1, 0.15) is 5.01 Å². The molecule has 0 fully saturated rings. The molecule has 1 aromatic heterocycles. The van der Waals surface area contributed by atoms with Crippen LogP contribution >= 0.6 is 11.3 Å². The van der Waals surface area contributed by atoms with E-state index in [1.165, 1.54) is 0 Å². The van der Waals surface area contributed by atoms with E-state index in [-0.39, 0.29) is 6.97 Å². The highest BCUT2D eigenvalue weighted by Crippen LogP contribution is 2.10. The van der Waals surface area contributed by atoms with E-state index in [2.05, 4.69) is 31.1 Å². The molecule has 0 spiro atoms. The van der Waals surface area contributed by atoms with Crippen molar-refractivity contribution >= 4 is 11.3 Å². The van der Waals surface area contributed by atoms with Gasteiger partial charge in [-0.05, 0) is 20.3 Å². The lowest BCUT2D eigenvalue weighted by atomic mass is 10.0. The molecule has 1 heterocycles. The number of rotatable bonds is 4. The number of thiazole rings is 1. The average molecular weight is 186 g/mol. The van der Waals surface area contributed by atoms with Crippen molar-refractivity contribution in [3.63, 3.8) is 0 Å².